The fraction of sp³-hybridized carbons (Fsp3) is 0.533. The van der Waals surface area contributed by atoms with Crippen molar-refractivity contribution in [2.45, 2.75) is 32.5 Å². The molecule has 6 nitrogen and oxygen atoms in total. The van der Waals surface area contributed by atoms with Gasteiger partial charge in [0.1, 0.15) is 11.4 Å². The van der Waals surface area contributed by atoms with Gasteiger partial charge in [0, 0.05) is 11.8 Å². The van der Waals surface area contributed by atoms with Crippen LogP contribution in [0.25, 0.3) is 0 Å². The quantitative estimate of drug-likeness (QED) is 0.687. The summed E-state index contributed by atoms with van der Waals surface area (Å²) >= 11 is 13.7. The van der Waals surface area contributed by atoms with Crippen LogP contribution in [0.5, 0.6) is 5.75 Å². The Labute approximate surface area is 155 Å². The number of hydrogen-bond donors (Lipinski definition) is 2. The Morgan fingerprint density at radius 3 is 2.83 bits per heavy atom. The van der Waals surface area contributed by atoms with E-state index in [1.54, 1.807) is 12.1 Å². The summed E-state index contributed by atoms with van der Waals surface area (Å²) < 4.78 is 5.60. The van der Waals surface area contributed by atoms with Crippen molar-refractivity contribution < 1.29 is 19.4 Å². The number of thioether (sulfide) groups is 1. The molecule has 0 spiro atoms. The molecular weight excluding hydrogens is 375 g/mol. The van der Waals surface area contributed by atoms with Crippen LogP contribution in [0.3, 0.4) is 0 Å². The van der Waals surface area contributed by atoms with E-state index in [-0.39, 0.29) is 17.8 Å². The van der Waals surface area contributed by atoms with Gasteiger partial charge in [0.15, 0.2) is 0 Å². The predicted octanol–water partition coefficient (Wildman–Crippen LogP) is 3.68. The number of halogens is 2. The highest BCUT2D eigenvalue weighted by molar-refractivity contribution is 8.00. The van der Waals surface area contributed by atoms with Gasteiger partial charge in [0.25, 0.3) is 0 Å². The maximum absolute atomic E-state index is 12.1. The molecular formula is C15H20Cl2N2O4S. The highest BCUT2D eigenvalue weighted by Gasteiger charge is 2.32. The molecule has 0 aromatic heterocycles. The van der Waals surface area contributed by atoms with Crippen LogP contribution in [0, 0.1) is 0 Å². The second-order valence-corrected chi connectivity index (χ2v) is 7.71. The Balaban J connectivity index is 1.90. The summed E-state index contributed by atoms with van der Waals surface area (Å²) in [5, 5.41) is 3.53. The molecule has 1 unspecified atom stereocenters. The number of carbonyl (C=O) groups is 1. The molecule has 1 aromatic rings. The fourth-order valence-corrected chi connectivity index (χ4v) is 3.35. The lowest BCUT2D eigenvalue weighted by atomic mass is 10.1. The molecule has 0 saturated carbocycles. The summed E-state index contributed by atoms with van der Waals surface area (Å²) in [6, 6.07) is 3.19. The number of benzene rings is 1. The Morgan fingerprint density at radius 1 is 1.46 bits per heavy atom. The van der Waals surface area contributed by atoms with Gasteiger partial charge in [-0.15, -0.1) is 16.8 Å². The summed E-state index contributed by atoms with van der Waals surface area (Å²) in [4.78, 5) is 21.9. The van der Waals surface area contributed by atoms with E-state index in [0.717, 1.165) is 0 Å². The van der Waals surface area contributed by atoms with Gasteiger partial charge in [0.05, 0.1) is 34.1 Å². The smallest absolute Gasteiger partial charge is 0.234 e. The first-order valence-electron chi connectivity index (χ1n) is 7.40. The van der Waals surface area contributed by atoms with E-state index in [9.17, 15) is 4.79 Å². The first kappa shape index (κ1) is 19.6. The number of hydrogen-bond acceptors (Lipinski definition) is 6. The van der Waals surface area contributed by atoms with Crippen LogP contribution >= 0.6 is 35.0 Å². The van der Waals surface area contributed by atoms with E-state index in [4.69, 9.17) is 32.8 Å². The van der Waals surface area contributed by atoms with E-state index in [0.29, 0.717) is 33.8 Å². The minimum Gasteiger partial charge on any atom is -0.489 e. The lowest BCUT2D eigenvalue weighted by molar-refractivity contribution is -0.326. The topological polar surface area (TPSA) is 68.8 Å². The Morgan fingerprint density at radius 2 is 2.21 bits per heavy atom. The lowest BCUT2D eigenvalue weighted by Crippen LogP contribution is -2.32. The highest BCUT2D eigenvalue weighted by atomic mass is 35.5. The van der Waals surface area contributed by atoms with Crippen molar-refractivity contribution in [3.05, 3.63) is 22.2 Å². The van der Waals surface area contributed by atoms with Crippen LogP contribution in [0.2, 0.25) is 10.0 Å². The lowest BCUT2D eigenvalue weighted by Gasteiger charge is -2.18. The first-order chi connectivity index (χ1) is 11.3. The largest absolute Gasteiger partial charge is 0.489 e. The van der Waals surface area contributed by atoms with Gasteiger partial charge in [-0.05, 0) is 26.8 Å². The minimum absolute atomic E-state index is 0.0363. The molecule has 1 amide bonds. The molecule has 0 radical (unpaired) electrons. The van der Waals surface area contributed by atoms with Crippen LogP contribution in [-0.2, 0) is 14.7 Å². The van der Waals surface area contributed by atoms with E-state index in [1.165, 1.54) is 11.8 Å². The van der Waals surface area contributed by atoms with Gasteiger partial charge in [-0.1, -0.05) is 23.2 Å². The van der Waals surface area contributed by atoms with Crippen molar-refractivity contribution in [3.8, 4) is 5.75 Å². The van der Waals surface area contributed by atoms with E-state index >= 15 is 0 Å². The van der Waals surface area contributed by atoms with E-state index in [2.05, 4.69) is 15.8 Å². The number of carbonyl (C=O) groups excluding carboxylic acids is 1. The van der Waals surface area contributed by atoms with Crippen molar-refractivity contribution in [3.63, 3.8) is 0 Å². The molecule has 1 atom stereocenters. The molecule has 1 aliphatic rings. The van der Waals surface area contributed by atoms with Crippen molar-refractivity contribution in [2.24, 2.45) is 0 Å². The fourth-order valence-electron chi connectivity index (χ4n) is 1.93. The number of amides is 1. The van der Waals surface area contributed by atoms with Gasteiger partial charge in [-0.3, -0.25) is 4.79 Å². The average Bonchev–Trinajstić information content (AvgIpc) is 2.90. The molecule has 1 aliphatic heterocycles. The van der Waals surface area contributed by atoms with Crippen molar-refractivity contribution in [1.82, 2.24) is 5.48 Å². The van der Waals surface area contributed by atoms with E-state index in [1.807, 2.05) is 20.8 Å². The zero-order valence-electron chi connectivity index (χ0n) is 13.7. The van der Waals surface area contributed by atoms with Crippen LogP contribution < -0.4 is 15.5 Å². The zero-order chi connectivity index (χ0) is 17.7. The molecule has 1 fully saturated rings. The summed E-state index contributed by atoms with van der Waals surface area (Å²) in [5.41, 5.74) is 2.67. The predicted molar refractivity (Wildman–Crippen MR) is 96.8 cm³/mol. The number of nitrogens with one attached hydrogen (secondary N) is 2. The Kier molecular flexibility index (Phi) is 7.03. The molecule has 1 heterocycles. The minimum atomic E-state index is -0.443. The highest BCUT2D eigenvalue weighted by Crippen LogP contribution is 2.35. The van der Waals surface area contributed by atoms with Crippen LogP contribution in [0.15, 0.2) is 12.1 Å². The maximum Gasteiger partial charge on any atom is 0.234 e. The standard InChI is InChI=1S/C15H20Cl2N2O4S/c1-9(2)21-13-5-12(10(16)4-11(13)17)19-14(20)6-24-8-15(3)7-18-23-22-15/h4-5,9,18H,6-8H2,1-3H3,(H,19,20). The monoisotopic (exact) mass is 394 g/mol. The van der Waals surface area contributed by atoms with Crippen molar-refractivity contribution >= 4 is 46.6 Å². The normalized spacial score (nSPS) is 20.4. The molecule has 24 heavy (non-hydrogen) atoms. The number of hydroxylamine groups is 1. The van der Waals surface area contributed by atoms with Crippen LogP contribution in [-0.4, -0.2) is 35.7 Å². The van der Waals surface area contributed by atoms with Crippen molar-refractivity contribution in [1.29, 1.82) is 0 Å². The summed E-state index contributed by atoms with van der Waals surface area (Å²) in [5.74, 6) is 1.19. The van der Waals surface area contributed by atoms with Crippen LogP contribution in [0.1, 0.15) is 20.8 Å². The Hall–Kier alpha value is -0.700. The van der Waals surface area contributed by atoms with Gasteiger partial charge in [0.2, 0.25) is 5.91 Å². The van der Waals surface area contributed by atoms with E-state index < -0.39 is 5.60 Å². The van der Waals surface area contributed by atoms with Crippen LogP contribution in [0.4, 0.5) is 5.69 Å². The summed E-state index contributed by atoms with van der Waals surface area (Å²) in [6.45, 7) is 6.26. The zero-order valence-corrected chi connectivity index (χ0v) is 16.0. The molecule has 1 aromatic carbocycles. The second-order valence-electron chi connectivity index (χ2n) is 5.91. The molecule has 9 heteroatoms. The third kappa shape index (κ3) is 5.68. The molecule has 134 valence electrons. The maximum atomic E-state index is 12.1. The first-order valence-corrected chi connectivity index (χ1v) is 9.31. The molecule has 1 saturated heterocycles. The third-order valence-electron chi connectivity index (χ3n) is 3.05. The molecule has 2 rings (SSSR count). The van der Waals surface area contributed by atoms with Gasteiger partial charge in [-0.2, -0.15) is 5.48 Å². The number of rotatable bonds is 7. The summed E-state index contributed by atoms with van der Waals surface area (Å²) in [7, 11) is 0. The van der Waals surface area contributed by atoms with Gasteiger partial charge < -0.3 is 10.1 Å². The number of ether oxygens (including phenoxy) is 1. The molecule has 0 aliphatic carbocycles. The number of anilines is 1. The second kappa shape index (κ2) is 8.60. The molecule has 0 bridgehead atoms. The molecule has 2 N–H and O–H groups in total. The Bertz CT molecular complexity index is 595. The van der Waals surface area contributed by atoms with Crippen molar-refractivity contribution in [2.75, 3.05) is 23.4 Å². The van der Waals surface area contributed by atoms with Gasteiger partial charge in [-0.25, -0.2) is 4.89 Å². The SMILES string of the molecule is CC(C)Oc1cc(NC(=O)CSCC2(C)CNOO2)c(Cl)cc1Cl. The average molecular weight is 395 g/mol. The summed E-state index contributed by atoms with van der Waals surface area (Å²) in [6.07, 6.45) is -0.0363. The third-order valence-corrected chi connectivity index (χ3v) is 4.94. The van der Waals surface area contributed by atoms with Gasteiger partial charge >= 0.3 is 0 Å².